The maximum absolute atomic E-state index is 14.2. The van der Waals surface area contributed by atoms with Crippen LogP contribution in [0.1, 0.15) is 30.9 Å². The third-order valence-corrected chi connectivity index (χ3v) is 3.87. The monoisotopic (exact) mass is 282 g/mol. The van der Waals surface area contributed by atoms with Gasteiger partial charge in [-0.1, -0.05) is 26.0 Å². The fraction of sp³-hybridized carbons (Fsp3) is 0.278. The van der Waals surface area contributed by atoms with Gasteiger partial charge in [-0.2, -0.15) is 5.10 Å². The Morgan fingerprint density at radius 2 is 1.86 bits per heavy atom. The molecule has 21 heavy (non-hydrogen) atoms. The maximum Gasteiger partial charge on any atom is 0.127 e. The van der Waals surface area contributed by atoms with E-state index >= 15 is 0 Å². The van der Waals surface area contributed by atoms with E-state index in [0.717, 1.165) is 33.2 Å². The highest BCUT2D eigenvalue weighted by atomic mass is 19.1. The summed E-state index contributed by atoms with van der Waals surface area (Å²) in [7, 11) is 1.91. The molecule has 2 nitrogen and oxygen atoms in total. The molecule has 3 rings (SSSR count). The summed E-state index contributed by atoms with van der Waals surface area (Å²) in [6, 6.07) is 9.65. The molecule has 1 heterocycles. The van der Waals surface area contributed by atoms with Gasteiger partial charge >= 0.3 is 0 Å². The predicted octanol–water partition coefficient (Wildman–Crippen LogP) is 4.81. The van der Waals surface area contributed by atoms with E-state index in [1.54, 1.807) is 6.07 Å². The zero-order valence-corrected chi connectivity index (χ0v) is 12.8. The predicted molar refractivity (Wildman–Crippen MR) is 84.9 cm³/mol. The van der Waals surface area contributed by atoms with Gasteiger partial charge in [0.05, 0.1) is 5.52 Å². The van der Waals surface area contributed by atoms with Gasteiger partial charge < -0.3 is 0 Å². The smallest absolute Gasteiger partial charge is 0.127 e. The molecule has 0 atom stereocenters. The van der Waals surface area contributed by atoms with Crippen LogP contribution in [0.3, 0.4) is 0 Å². The first kappa shape index (κ1) is 13.8. The van der Waals surface area contributed by atoms with Crippen molar-refractivity contribution in [2.75, 3.05) is 0 Å². The van der Waals surface area contributed by atoms with Crippen molar-refractivity contribution in [3.8, 4) is 11.1 Å². The quantitative estimate of drug-likeness (QED) is 0.659. The van der Waals surface area contributed by atoms with E-state index in [0.29, 0.717) is 0 Å². The first-order chi connectivity index (χ1) is 9.95. The number of rotatable bonds is 2. The first-order valence-corrected chi connectivity index (χ1v) is 7.19. The average Bonchev–Trinajstić information content (AvgIpc) is 2.79. The van der Waals surface area contributed by atoms with Gasteiger partial charge in [-0.05, 0) is 53.3 Å². The second-order valence-electron chi connectivity index (χ2n) is 5.92. The minimum Gasteiger partial charge on any atom is -0.275 e. The molecule has 0 spiro atoms. The number of fused-ring (bicyclic) bond motifs is 1. The van der Waals surface area contributed by atoms with Gasteiger partial charge in [0.2, 0.25) is 0 Å². The zero-order valence-electron chi connectivity index (χ0n) is 12.8. The van der Waals surface area contributed by atoms with E-state index in [-0.39, 0.29) is 11.7 Å². The Morgan fingerprint density at radius 3 is 2.52 bits per heavy atom. The highest BCUT2D eigenvalue weighted by Crippen LogP contribution is 2.29. The van der Waals surface area contributed by atoms with Crippen molar-refractivity contribution >= 4 is 10.9 Å². The Bertz CT molecular complexity index is 815. The van der Waals surface area contributed by atoms with Crippen LogP contribution in [0.25, 0.3) is 22.0 Å². The van der Waals surface area contributed by atoms with Crippen molar-refractivity contribution in [1.29, 1.82) is 0 Å². The molecule has 0 amide bonds. The van der Waals surface area contributed by atoms with Gasteiger partial charge in [0.1, 0.15) is 5.82 Å². The lowest BCUT2D eigenvalue weighted by Gasteiger charge is -2.10. The molecule has 0 bridgehead atoms. The van der Waals surface area contributed by atoms with E-state index in [2.05, 4.69) is 17.2 Å². The Kier molecular flexibility index (Phi) is 3.28. The number of benzene rings is 2. The van der Waals surface area contributed by atoms with Gasteiger partial charge in [-0.3, -0.25) is 4.68 Å². The molecule has 0 aliphatic carbocycles. The molecule has 2 aromatic carbocycles. The molecule has 0 aliphatic heterocycles. The standard InChI is InChI=1S/C18H19FN2/c1-11(2)16-6-5-13(9-17(16)19)14-7-12(3)18-15(8-14)10-21(4)20-18/h5-11H,1-4H3. The van der Waals surface area contributed by atoms with Crippen LogP contribution in [0.15, 0.2) is 36.5 Å². The average molecular weight is 282 g/mol. The molecule has 0 saturated carbocycles. The fourth-order valence-electron chi connectivity index (χ4n) is 2.77. The summed E-state index contributed by atoms with van der Waals surface area (Å²) in [5.74, 6) is 0.0630. The van der Waals surface area contributed by atoms with Crippen LogP contribution >= 0.6 is 0 Å². The van der Waals surface area contributed by atoms with Crippen LogP contribution < -0.4 is 0 Å². The summed E-state index contributed by atoms with van der Waals surface area (Å²) in [6.45, 7) is 6.05. The lowest BCUT2D eigenvalue weighted by atomic mass is 9.96. The van der Waals surface area contributed by atoms with E-state index in [9.17, 15) is 4.39 Å². The van der Waals surface area contributed by atoms with Crippen molar-refractivity contribution in [3.63, 3.8) is 0 Å². The van der Waals surface area contributed by atoms with Gasteiger partial charge in [0.15, 0.2) is 0 Å². The summed E-state index contributed by atoms with van der Waals surface area (Å²) in [5, 5.41) is 5.53. The van der Waals surface area contributed by atoms with Crippen molar-refractivity contribution in [2.45, 2.75) is 26.7 Å². The summed E-state index contributed by atoms with van der Waals surface area (Å²) < 4.78 is 16.0. The number of hydrogen-bond acceptors (Lipinski definition) is 1. The Labute approximate surface area is 124 Å². The fourth-order valence-corrected chi connectivity index (χ4v) is 2.77. The normalized spacial score (nSPS) is 11.5. The minimum atomic E-state index is -0.133. The molecule has 3 heteroatoms. The summed E-state index contributed by atoms with van der Waals surface area (Å²) in [5.41, 5.74) is 4.81. The highest BCUT2D eigenvalue weighted by Gasteiger charge is 2.10. The molecule has 0 aliphatic rings. The largest absolute Gasteiger partial charge is 0.275 e. The minimum absolute atomic E-state index is 0.133. The van der Waals surface area contributed by atoms with Gasteiger partial charge in [0, 0.05) is 18.6 Å². The van der Waals surface area contributed by atoms with E-state index in [1.165, 1.54) is 0 Å². The van der Waals surface area contributed by atoms with Gasteiger partial charge in [0.25, 0.3) is 0 Å². The molecule has 0 saturated heterocycles. The molecular weight excluding hydrogens is 263 g/mol. The SMILES string of the molecule is Cc1cc(-c2ccc(C(C)C)c(F)c2)cc2cn(C)nc12. The third kappa shape index (κ3) is 2.44. The van der Waals surface area contributed by atoms with Crippen LogP contribution in [-0.4, -0.2) is 9.78 Å². The number of aryl methyl sites for hydroxylation is 2. The molecule has 0 radical (unpaired) electrons. The van der Waals surface area contributed by atoms with Crippen molar-refractivity contribution in [2.24, 2.45) is 7.05 Å². The molecule has 0 N–H and O–H groups in total. The molecule has 0 unspecified atom stereocenters. The zero-order chi connectivity index (χ0) is 15.1. The van der Waals surface area contributed by atoms with E-state index in [4.69, 9.17) is 0 Å². The summed E-state index contributed by atoms with van der Waals surface area (Å²) in [4.78, 5) is 0. The molecule has 108 valence electrons. The molecular formula is C18H19FN2. The van der Waals surface area contributed by atoms with Gasteiger partial charge in [-0.15, -0.1) is 0 Å². The van der Waals surface area contributed by atoms with E-state index in [1.807, 2.05) is 50.8 Å². The van der Waals surface area contributed by atoms with Gasteiger partial charge in [-0.25, -0.2) is 4.39 Å². The Balaban J connectivity index is 2.14. The number of aromatic nitrogens is 2. The highest BCUT2D eigenvalue weighted by molar-refractivity contribution is 5.87. The van der Waals surface area contributed by atoms with Crippen LogP contribution in [0.5, 0.6) is 0 Å². The Hall–Kier alpha value is -2.16. The van der Waals surface area contributed by atoms with Crippen LogP contribution in [0.2, 0.25) is 0 Å². The Morgan fingerprint density at radius 1 is 1.10 bits per heavy atom. The lowest BCUT2D eigenvalue weighted by molar-refractivity contribution is 0.599. The van der Waals surface area contributed by atoms with Crippen molar-refractivity contribution in [3.05, 3.63) is 53.5 Å². The van der Waals surface area contributed by atoms with E-state index < -0.39 is 0 Å². The van der Waals surface area contributed by atoms with Crippen LogP contribution in [0, 0.1) is 12.7 Å². The lowest BCUT2D eigenvalue weighted by Crippen LogP contribution is -1.93. The number of nitrogens with zero attached hydrogens (tertiary/aromatic N) is 2. The maximum atomic E-state index is 14.2. The van der Waals surface area contributed by atoms with Crippen molar-refractivity contribution in [1.82, 2.24) is 9.78 Å². The van der Waals surface area contributed by atoms with Crippen LogP contribution in [0.4, 0.5) is 4.39 Å². The molecule has 3 aromatic rings. The number of halogens is 1. The second kappa shape index (κ2) is 4.99. The second-order valence-corrected chi connectivity index (χ2v) is 5.92. The first-order valence-electron chi connectivity index (χ1n) is 7.19. The summed E-state index contributed by atoms with van der Waals surface area (Å²) >= 11 is 0. The number of hydrogen-bond donors (Lipinski definition) is 0. The third-order valence-electron chi connectivity index (χ3n) is 3.87. The van der Waals surface area contributed by atoms with Crippen molar-refractivity contribution < 1.29 is 4.39 Å². The molecule has 0 fully saturated rings. The topological polar surface area (TPSA) is 17.8 Å². The molecule has 1 aromatic heterocycles. The van der Waals surface area contributed by atoms with Crippen LogP contribution in [-0.2, 0) is 7.05 Å². The summed E-state index contributed by atoms with van der Waals surface area (Å²) in [6.07, 6.45) is 1.99.